The first-order valence-electron chi connectivity index (χ1n) is 7.50. The van der Waals surface area contributed by atoms with Crippen molar-refractivity contribution in [3.8, 4) is 5.75 Å². The number of hydrogen-bond acceptors (Lipinski definition) is 4. The molecule has 3 atom stereocenters. The van der Waals surface area contributed by atoms with Crippen molar-refractivity contribution in [1.29, 1.82) is 0 Å². The van der Waals surface area contributed by atoms with E-state index in [4.69, 9.17) is 5.73 Å². The van der Waals surface area contributed by atoms with E-state index < -0.39 is 6.04 Å². The van der Waals surface area contributed by atoms with Crippen molar-refractivity contribution in [1.82, 2.24) is 10.2 Å². The number of nitrogens with two attached hydrogens (primary N) is 1. The Morgan fingerprint density at radius 3 is 2.76 bits per heavy atom. The van der Waals surface area contributed by atoms with Gasteiger partial charge in [-0.05, 0) is 50.9 Å². The van der Waals surface area contributed by atoms with Crippen LogP contribution < -0.4 is 11.1 Å². The Morgan fingerprint density at radius 1 is 1.48 bits per heavy atom. The van der Waals surface area contributed by atoms with Crippen LogP contribution in [0.15, 0.2) is 24.3 Å². The summed E-state index contributed by atoms with van der Waals surface area (Å²) in [5.41, 5.74) is 6.93. The largest absolute Gasteiger partial charge is 0.508 e. The summed E-state index contributed by atoms with van der Waals surface area (Å²) in [5, 5.41) is 12.3. The van der Waals surface area contributed by atoms with Crippen molar-refractivity contribution in [3.05, 3.63) is 29.8 Å². The highest BCUT2D eigenvalue weighted by molar-refractivity contribution is 5.82. The minimum absolute atomic E-state index is 0.0928. The number of nitrogens with zero attached hydrogens (tertiary/aromatic N) is 1. The molecule has 1 aliphatic rings. The molecule has 0 aliphatic carbocycles. The highest BCUT2D eigenvalue weighted by Gasteiger charge is 2.25. The van der Waals surface area contributed by atoms with Gasteiger partial charge >= 0.3 is 0 Å². The molecule has 1 fully saturated rings. The maximum Gasteiger partial charge on any atom is 0.237 e. The number of aromatic hydroxyl groups is 1. The van der Waals surface area contributed by atoms with Crippen LogP contribution in [0.3, 0.4) is 0 Å². The SMILES string of the molecule is CC1CC(NC(=O)C(N)Cc2ccc(O)cc2)CCN1C. The van der Waals surface area contributed by atoms with Gasteiger partial charge in [-0.25, -0.2) is 0 Å². The monoisotopic (exact) mass is 291 g/mol. The number of carbonyl (C=O) groups excluding carboxylic acids is 1. The molecule has 2 rings (SSSR count). The lowest BCUT2D eigenvalue weighted by Crippen LogP contribution is -2.51. The molecule has 0 saturated carbocycles. The van der Waals surface area contributed by atoms with Gasteiger partial charge in [0.05, 0.1) is 6.04 Å². The first kappa shape index (κ1) is 15.8. The van der Waals surface area contributed by atoms with E-state index in [9.17, 15) is 9.90 Å². The molecular formula is C16H25N3O2. The lowest BCUT2D eigenvalue weighted by molar-refractivity contribution is -0.123. The summed E-state index contributed by atoms with van der Waals surface area (Å²) in [6, 6.07) is 6.95. The molecule has 1 amide bonds. The van der Waals surface area contributed by atoms with Gasteiger partial charge in [0.1, 0.15) is 5.75 Å². The third-order valence-electron chi connectivity index (χ3n) is 4.28. The van der Waals surface area contributed by atoms with Gasteiger partial charge in [-0.15, -0.1) is 0 Å². The Kier molecular flexibility index (Phi) is 5.20. The van der Waals surface area contributed by atoms with Gasteiger partial charge < -0.3 is 21.1 Å². The lowest BCUT2D eigenvalue weighted by Gasteiger charge is -2.35. The third kappa shape index (κ3) is 4.44. The fraction of sp³-hybridized carbons (Fsp3) is 0.562. The second kappa shape index (κ2) is 6.91. The number of piperidine rings is 1. The van der Waals surface area contributed by atoms with Gasteiger partial charge in [0.25, 0.3) is 0 Å². The molecule has 0 aromatic heterocycles. The van der Waals surface area contributed by atoms with Gasteiger partial charge in [-0.1, -0.05) is 12.1 Å². The van der Waals surface area contributed by atoms with E-state index in [0.717, 1.165) is 24.9 Å². The molecule has 116 valence electrons. The topological polar surface area (TPSA) is 78.6 Å². The molecule has 4 N–H and O–H groups in total. The zero-order valence-electron chi connectivity index (χ0n) is 12.7. The maximum atomic E-state index is 12.2. The summed E-state index contributed by atoms with van der Waals surface area (Å²) in [4.78, 5) is 14.5. The van der Waals surface area contributed by atoms with Crippen LogP contribution in [0.1, 0.15) is 25.3 Å². The molecule has 0 radical (unpaired) electrons. The molecule has 5 nitrogen and oxygen atoms in total. The van der Waals surface area contributed by atoms with Crippen LogP contribution in [-0.4, -0.2) is 47.6 Å². The summed E-state index contributed by atoms with van der Waals surface area (Å²) in [7, 11) is 2.11. The molecule has 1 aromatic carbocycles. The normalized spacial score (nSPS) is 24.5. The predicted molar refractivity (Wildman–Crippen MR) is 83.0 cm³/mol. The zero-order valence-corrected chi connectivity index (χ0v) is 12.7. The highest BCUT2D eigenvalue weighted by atomic mass is 16.3. The van der Waals surface area contributed by atoms with Crippen molar-refractivity contribution < 1.29 is 9.90 Å². The Labute approximate surface area is 126 Å². The molecule has 3 unspecified atom stereocenters. The van der Waals surface area contributed by atoms with Crippen molar-refractivity contribution in [2.75, 3.05) is 13.6 Å². The number of phenols is 1. The van der Waals surface area contributed by atoms with Crippen molar-refractivity contribution >= 4 is 5.91 Å². The van der Waals surface area contributed by atoms with E-state index in [-0.39, 0.29) is 17.7 Å². The number of phenolic OH excluding ortho intramolecular Hbond substituents is 1. The summed E-state index contributed by atoms with van der Waals surface area (Å²) in [6.07, 6.45) is 2.42. The number of likely N-dealkylation sites (tertiary alicyclic amines) is 1. The summed E-state index contributed by atoms with van der Waals surface area (Å²) in [5.74, 6) is 0.127. The Bertz CT molecular complexity index is 475. The number of nitrogens with one attached hydrogen (secondary N) is 1. The van der Waals surface area contributed by atoms with E-state index in [1.807, 2.05) is 0 Å². The third-order valence-corrected chi connectivity index (χ3v) is 4.28. The molecule has 1 saturated heterocycles. The Balaban J connectivity index is 1.83. The van der Waals surface area contributed by atoms with Crippen LogP contribution in [0, 0.1) is 0 Å². The van der Waals surface area contributed by atoms with Gasteiger partial charge in [0, 0.05) is 18.6 Å². The first-order chi connectivity index (χ1) is 9.95. The highest BCUT2D eigenvalue weighted by Crippen LogP contribution is 2.16. The van der Waals surface area contributed by atoms with E-state index in [1.54, 1.807) is 24.3 Å². The van der Waals surface area contributed by atoms with Crippen molar-refractivity contribution in [2.24, 2.45) is 5.73 Å². The standard InChI is InChI=1S/C16H25N3O2/c1-11-9-13(7-8-19(11)2)18-16(21)15(17)10-12-3-5-14(20)6-4-12/h3-6,11,13,15,20H,7-10,17H2,1-2H3,(H,18,21). The number of amides is 1. The average Bonchev–Trinajstić information content (AvgIpc) is 2.45. The molecule has 0 bridgehead atoms. The quantitative estimate of drug-likeness (QED) is 0.769. The summed E-state index contributed by atoms with van der Waals surface area (Å²) < 4.78 is 0. The smallest absolute Gasteiger partial charge is 0.237 e. The molecule has 21 heavy (non-hydrogen) atoms. The minimum atomic E-state index is -0.551. The summed E-state index contributed by atoms with van der Waals surface area (Å²) in [6.45, 7) is 3.17. The van der Waals surface area contributed by atoms with Crippen LogP contribution in [0.5, 0.6) is 5.75 Å². The van der Waals surface area contributed by atoms with E-state index in [2.05, 4.69) is 24.2 Å². The fourth-order valence-corrected chi connectivity index (χ4v) is 2.71. The van der Waals surface area contributed by atoms with E-state index >= 15 is 0 Å². The fourth-order valence-electron chi connectivity index (χ4n) is 2.71. The molecule has 5 heteroatoms. The lowest BCUT2D eigenvalue weighted by atomic mass is 9.98. The molecular weight excluding hydrogens is 266 g/mol. The summed E-state index contributed by atoms with van der Waals surface area (Å²) >= 11 is 0. The van der Waals surface area contributed by atoms with Gasteiger partial charge in [0.2, 0.25) is 5.91 Å². The Morgan fingerprint density at radius 2 is 2.14 bits per heavy atom. The van der Waals surface area contributed by atoms with Gasteiger partial charge in [-0.2, -0.15) is 0 Å². The van der Waals surface area contributed by atoms with E-state index in [1.165, 1.54) is 0 Å². The van der Waals surface area contributed by atoms with Crippen molar-refractivity contribution in [2.45, 2.75) is 44.3 Å². The number of benzene rings is 1. The molecule has 1 aliphatic heterocycles. The second-order valence-corrected chi connectivity index (χ2v) is 6.04. The maximum absolute atomic E-state index is 12.2. The minimum Gasteiger partial charge on any atom is -0.508 e. The van der Waals surface area contributed by atoms with Crippen LogP contribution in [0.4, 0.5) is 0 Å². The number of rotatable bonds is 4. The van der Waals surface area contributed by atoms with Crippen LogP contribution in [0.2, 0.25) is 0 Å². The Hall–Kier alpha value is -1.59. The van der Waals surface area contributed by atoms with Gasteiger partial charge in [0.15, 0.2) is 0 Å². The van der Waals surface area contributed by atoms with E-state index in [0.29, 0.717) is 12.5 Å². The van der Waals surface area contributed by atoms with Gasteiger partial charge in [-0.3, -0.25) is 4.79 Å². The van der Waals surface area contributed by atoms with Crippen LogP contribution in [0.25, 0.3) is 0 Å². The van der Waals surface area contributed by atoms with Crippen molar-refractivity contribution in [3.63, 3.8) is 0 Å². The second-order valence-electron chi connectivity index (χ2n) is 6.04. The van der Waals surface area contributed by atoms with Crippen LogP contribution >= 0.6 is 0 Å². The molecule has 0 spiro atoms. The zero-order chi connectivity index (χ0) is 15.4. The molecule has 1 aromatic rings. The average molecular weight is 291 g/mol. The number of hydrogen-bond donors (Lipinski definition) is 3. The van der Waals surface area contributed by atoms with Crippen LogP contribution in [-0.2, 0) is 11.2 Å². The number of carbonyl (C=O) groups is 1. The molecule has 1 heterocycles. The first-order valence-corrected chi connectivity index (χ1v) is 7.50. The predicted octanol–water partition coefficient (Wildman–Crippen LogP) is 0.861.